The van der Waals surface area contributed by atoms with Crippen molar-refractivity contribution in [2.45, 2.75) is 43.8 Å². The fraction of sp³-hybridized carbons (Fsp3) is 0.483. The van der Waals surface area contributed by atoms with Crippen LogP contribution in [0.4, 0.5) is 4.79 Å². The second-order valence-corrected chi connectivity index (χ2v) is 10.4. The summed E-state index contributed by atoms with van der Waals surface area (Å²) >= 11 is 0. The first-order valence-electron chi connectivity index (χ1n) is 13.1. The van der Waals surface area contributed by atoms with Gasteiger partial charge in [0.15, 0.2) is 0 Å². The van der Waals surface area contributed by atoms with Crippen molar-refractivity contribution in [3.05, 3.63) is 71.9 Å². The zero-order chi connectivity index (χ0) is 25.0. The average Bonchev–Trinajstić information content (AvgIpc) is 3.36. The minimum Gasteiger partial charge on any atom is -0.445 e. The highest BCUT2D eigenvalue weighted by atomic mass is 16.6. The number of carbonyl (C=O) groups is 1. The summed E-state index contributed by atoms with van der Waals surface area (Å²) in [5.41, 5.74) is 2.56. The molecule has 0 aliphatic carbocycles. The molecule has 0 radical (unpaired) electrons. The molecule has 0 spiro atoms. The number of hydrogen-bond donors (Lipinski definition) is 3. The number of aromatic amines is 1. The van der Waals surface area contributed by atoms with Gasteiger partial charge < -0.3 is 29.7 Å². The van der Waals surface area contributed by atoms with Gasteiger partial charge in [-0.25, -0.2) is 4.79 Å². The summed E-state index contributed by atoms with van der Waals surface area (Å²) in [6.45, 7) is 3.63. The number of aliphatic hydroxyl groups is 2. The highest BCUT2D eigenvalue weighted by Gasteiger charge is 2.41. The molecule has 1 unspecified atom stereocenters. The van der Waals surface area contributed by atoms with Crippen LogP contribution in [0.5, 0.6) is 0 Å². The van der Waals surface area contributed by atoms with Gasteiger partial charge in [-0.3, -0.25) is 0 Å². The summed E-state index contributed by atoms with van der Waals surface area (Å²) in [6.07, 6.45) is 4.84. The van der Waals surface area contributed by atoms with Crippen LogP contribution >= 0.6 is 0 Å². The Morgan fingerprint density at radius 2 is 1.72 bits per heavy atom. The third-order valence-electron chi connectivity index (χ3n) is 8.20. The zero-order valence-corrected chi connectivity index (χ0v) is 20.8. The number of nitrogens with zero attached hydrogens (tertiary/aromatic N) is 2. The van der Waals surface area contributed by atoms with Crippen LogP contribution < -0.4 is 0 Å². The largest absolute Gasteiger partial charge is 0.445 e. The lowest BCUT2D eigenvalue weighted by molar-refractivity contribution is -0.0887. The molecule has 3 heterocycles. The van der Waals surface area contributed by atoms with E-state index in [0.717, 1.165) is 31.5 Å². The van der Waals surface area contributed by atoms with Gasteiger partial charge in [-0.2, -0.15) is 0 Å². The third-order valence-corrected chi connectivity index (χ3v) is 8.20. The predicted octanol–water partition coefficient (Wildman–Crippen LogP) is 4.12. The van der Waals surface area contributed by atoms with Crippen molar-refractivity contribution in [3.8, 4) is 0 Å². The first-order valence-corrected chi connectivity index (χ1v) is 13.1. The summed E-state index contributed by atoms with van der Waals surface area (Å²) in [6, 6.07) is 18.1. The van der Waals surface area contributed by atoms with Crippen molar-refractivity contribution in [2.24, 2.45) is 5.92 Å². The molecule has 192 valence electrons. The molecule has 36 heavy (non-hydrogen) atoms. The number of carbonyl (C=O) groups excluding carboxylic acids is 1. The van der Waals surface area contributed by atoms with Crippen LogP contribution in [0, 0.1) is 5.92 Å². The number of rotatable bonds is 7. The number of aliphatic hydroxyl groups excluding tert-OH is 1. The second kappa shape index (κ2) is 11.0. The van der Waals surface area contributed by atoms with E-state index in [2.05, 4.69) is 40.3 Å². The Morgan fingerprint density at radius 1 is 1.03 bits per heavy atom. The number of hydrogen-bond acceptors (Lipinski definition) is 5. The second-order valence-electron chi connectivity index (χ2n) is 10.4. The van der Waals surface area contributed by atoms with Crippen molar-refractivity contribution < 1.29 is 19.7 Å². The fourth-order valence-electron chi connectivity index (χ4n) is 5.86. The number of piperidine rings is 2. The molecule has 2 fully saturated rings. The Labute approximate surface area is 212 Å². The van der Waals surface area contributed by atoms with Crippen LogP contribution in [0.3, 0.4) is 0 Å². The maximum Gasteiger partial charge on any atom is 0.410 e. The van der Waals surface area contributed by atoms with Crippen molar-refractivity contribution in [2.75, 3.05) is 39.3 Å². The Bertz CT molecular complexity index is 1130. The van der Waals surface area contributed by atoms with Gasteiger partial charge in [-0.15, -0.1) is 0 Å². The molecule has 3 N–H and O–H groups in total. The molecular weight excluding hydrogens is 454 g/mol. The van der Waals surface area contributed by atoms with Crippen molar-refractivity contribution in [3.63, 3.8) is 0 Å². The molecule has 2 saturated heterocycles. The standard InChI is InChI=1S/C29H37N3O4/c33-20-24(19-31-14-10-23(11-15-31)26-18-30-27-9-5-4-8-25(26)27)29(35)12-16-32(17-13-29)28(34)36-21-22-6-2-1-3-7-22/h1-9,18,23-24,30,33,35H,10-17,19-21H2. The first kappa shape index (κ1) is 24.8. The Balaban J connectivity index is 1.10. The van der Waals surface area contributed by atoms with Crippen LogP contribution in [0.15, 0.2) is 60.8 Å². The van der Waals surface area contributed by atoms with Crippen LogP contribution in [0.1, 0.15) is 42.7 Å². The van der Waals surface area contributed by atoms with E-state index in [1.165, 1.54) is 16.5 Å². The highest BCUT2D eigenvalue weighted by Crippen LogP contribution is 2.35. The fourth-order valence-corrected chi connectivity index (χ4v) is 5.86. The normalized spacial score (nSPS) is 19.9. The smallest absolute Gasteiger partial charge is 0.410 e. The highest BCUT2D eigenvalue weighted by molar-refractivity contribution is 5.83. The SMILES string of the molecule is O=C(OCc1ccccc1)N1CCC(O)(C(CO)CN2CCC(c3c[nH]c4ccccc34)CC2)CC1. The van der Waals surface area contributed by atoms with E-state index in [1.54, 1.807) is 4.90 Å². The Morgan fingerprint density at radius 3 is 2.44 bits per heavy atom. The molecule has 1 amide bonds. The lowest BCUT2D eigenvalue weighted by Gasteiger charge is -2.44. The number of para-hydroxylation sites is 1. The molecule has 0 saturated carbocycles. The Kier molecular flexibility index (Phi) is 7.60. The zero-order valence-electron chi connectivity index (χ0n) is 20.8. The molecule has 7 nitrogen and oxygen atoms in total. The van der Waals surface area contributed by atoms with E-state index in [9.17, 15) is 15.0 Å². The summed E-state index contributed by atoms with van der Waals surface area (Å²) in [4.78, 5) is 20.0. The van der Waals surface area contributed by atoms with E-state index in [0.29, 0.717) is 38.4 Å². The molecule has 2 aliphatic heterocycles. The quantitative estimate of drug-likeness (QED) is 0.463. The van der Waals surface area contributed by atoms with Gasteiger partial charge in [0.2, 0.25) is 0 Å². The van der Waals surface area contributed by atoms with Crippen molar-refractivity contribution >= 4 is 17.0 Å². The van der Waals surface area contributed by atoms with Gasteiger partial charge >= 0.3 is 6.09 Å². The first-order chi connectivity index (χ1) is 17.6. The van der Waals surface area contributed by atoms with Crippen molar-refractivity contribution in [1.82, 2.24) is 14.8 Å². The van der Waals surface area contributed by atoms with E-state index < -0.39 is 5.60 Å². The molecule has 1 atom stereocenters. The molecule has 5 rings (SSSR count). The molecule has 2 aromatic carbocycles. The maximum atomic E-state index is 12.5. The summed E-state index contributed by atoms with van der Waals surface area (Å²) in [7, 11) is 0. The van der Waals surface area contributed by atoms with Crippen LogP contribution in [-0.4, -0.2) is 76.0 Å². The lowest BCUT2D eigenvalue weighted by atomic mass is 9.79. The van der Waals surface area contributed by atoms with Gasteiger partial charge in [0.05, 0.1) is 5.60 Å². The topological polar surface area (TPSA) is 89.0 Å². The molecule has 3 aromatic rings. The number of aromatic nitrogens is 1. The van der Waals surface area contributed by atoms with Crippen LogP contribution in [0.2, 0.25) is 0 Å². The lowest BCUT2D eigenvalue weighted by Crippen LogP contribution is -2.54. The summed E-state index contributed by atoms with van der Waals surface area (Å²) in [5.74, 6) is 0.294. The molecule has 7 heteroatoms. The van der Waals surface area contributed by atoms with E-state index >= 15 is 0 Å². The average molecular weight is 492 g/mol. The molecular formula is C29H37N3O4. The monoisotopic (exact) mass is 491 g/mol. The number of nitrogens with one attached hydrogen (secondary N) is 1. The number of likely N-dealkylation sites (tertiary alicyclic amines) is 2. The van der Waals surface area contributed by atoms with E-state index in [4.69, 9.17) is 4.74 Å². The number of fused-ring (bicyclic) bond motifs is 1. The maximum absolute atomic E-state index is 12.5. The van der Waals surface area contributed by atoms with Crippen molar-refractivity contribution in [1.29, 1.82) is 0 Å². The summed E-state index contributed by atoms with van der Waals surface area (Å²) < 4.78 is 5.46. The van der Waals surface area contributed by atoms with Gasteiger partial charge in [-0.05, 0) is 61.9 Å². The van der Waals surface area contributed by atoms with Crippen LogP contribution in [-0.2, 0) is 11.3 Å². The van der Waals surface area contributed by atoms with Gasteiger partial charge in [0, 0.05) is 49.3 Å². The molecule has 2 aliphatic rings. The van der Waals surface area contributed by atoms with Gasteiger partial charge in [0.1, 0.15) is 6.61 Å². The van der Waals surface area contributed by atoms with Gasteiger partial charge in [-0.1, -0.05) is 48.5 Å². The predicted molar refractivity (Wildman–Crippen MR) is 140 cm³/mol. The van der Waals surface area contributed by atoms with Crippen LogP contribution in [0.25, 0.3) is 10.9 Å². The minimum atomic E-state index is -0.974. The third kappa shape index (κ3) is 5.43. The summed E-state index contributed by atoms with van der Waals surface area (Å²) in [5, 5.41) is 22.9. The van der Waals surface area contributed by atoms with Gasteiger partial charge in [0.25, 0.3) is 0 Å². The number of benzene rings is 2. The number of ether oxygens (including phenoxy) is 1. The number of amides is 1. The number of H-pyrrole nitrogens is 1. The minimum absolute atomic E-state index is 0.0582. The van der Waals surface area contributed by atoms with E-state index in [1.807, 2.05) is 30.3 Å². The molecule has 0 bridgehead atoms. The Hall–Kier alpha value is -2.87. The molecule has 1 aromatic heterocycles. The van der Waals surface area contributed by atoms with E-state index in [-0.39, 0.29) is 25.2 Å².